The molecule has 1 saturated heterocycles. The average molecular weight is 299 g/mol. The van der Waals surface area contributed by atoms with Crippen molar-refractivity contribution in [3.63, 3.8) is 0 Å². The first kappa shape index (κ1) is 12.4. The van der Waals surface area contributed by atoms with E-state index in [2.05, 4.69) is 15.9 Å². The Labute approximate surface area is 109 Å². The molecule has 4 nitrogen and oxygen atoms in total. The number of imide groups is 1. The van der Waals surface area contributed by atoms with Gasteiger partial charge < -0.3 is 4.57 Å². The summed E-state index contributed by atoms with van der Waals surface area (Å²) in [6.45, 7) is 5.20. The van der Waals surface area contributed by atoms with Crippen molar-refractivity contribution in [3.8, 4) is 0 Å². The SMILES string of the molecule is CCn1cc(Br)cc1C(=O)N1CC(C)CC1=O. The predicted molar refractivity (Wildman–Crippen MR) is 67.6 cm³/mol. The zero-order valence-corrected chi connectivity index (χ0v) is 11.5. The van der Waals surface area contributed by atoms with Crippen molar-refractivity contribution in [2.24, 2.45) is 5.92 Å². The van der Waals surface area contributed by atoms with Crippen molar-refractivity contribution in [2.75, 3.05) is 6.54 Å². The molecule has 1 aliphatic heterocycles. The van der Waals surface area contributed by atoms with Gasteiger partial charge >= 0.3 is 0 Å². The molecule has 92 valence electrons. The van der Waals surface area contributed by atoms with Crippen LogP contribution in [-0.2, 0) is 11.3 Å². The fraction of sp³-hybridized carbons (Fsp3) is 0.500. The average Bonchev–Trinajstić information content (AvgIpc) is 2.80. The van der Waals surface area contributed by atoms with E-state index >= 15 is 0 Å². The molecule has 1 unspecified atom stereocenters. The van der Waals surface area contributed by atoms with Crippen LogP contribution in [0.15, 0.2) is 16.7 Å². The van der Waals surface area contributed by atoms with E-state index in [1.54, 1.807) is 6.07 Å². The van der Waals surface area contributed by atoms with E-state index in [1.807, 2.05) is 24.6 Å². The summed E-state index contributed by atoms with van der Waals surface area (Å²) < 4.78 is 2.71. The van der Waals surface area contributed by atoms with Crippen LogP contribution in [0, 0.1) is 5.92 Å². The predicted octanol–water partition coefficient (Wildman–Crippen LogP) is 2.28. The van der Waals surface area contributed by atoms with Crippen molar-refractivity contribution < 1.29 is 9.59 Å². The molecular weight excluding hydrogens is 284 g/mol. The van der Waals surface area contributed by atoms with Crippen LogP contribution in [-0.4, -0.2) is 27.8 Å². The highest BCUT2D eigenvalue weighted by atomic mass is 79.9. The smallest absolute Gasteiger partial charge is 0.277 e. The maximum atomic E-state index is 12.3. The molecule has 1 fully saturated rings. The number of aromatic nitrogens is 1. The van der Waals surface area contributed by atoms with E-state index in [9.17, 15) is 9.59 Å². The lowest BCUT2D eigenvalue weighted by molar-refractivity contribution is -0.125. The van der Waals surface area contributed by atoms with E-state index in [4.69, 9.17) is 0 Å². The minimum absolute atomic E-state index is 0.0672. The monoisotopic (exact) mass is 298 g/mol. The Kier molecular flexibility index (Phi) is 3.38. The number of likely N-dealkylation sites (tertiary alicyclic amines) is 1. The van der Waals surface area contributed by atoms with Crippen LogP contribution >= 0.6 is 15.9 Å². The second-order valence-corrected chi connectivity index (χ2v) is 5.36. The van der Waals surface area contributed by atoms with E-state index in [0.717, 1.165) is 4.47 Å². The largest absolute Gasteiger partial charge is 0.343 e. The lowest BCUT2D eigenvalue weighted by atomic mass is 10.2. The van der Waals surface area contributed by atoms with Gasteiger partial charge in [0.05, 0.1) is 0 Å². The molecule has 0 bridgehead atoms. The fourth-order valence-electron chi connectivity index (χ4n) is 2.14. The van der Waals surface area contributed by atoms with Crippen molar-refractivity contribution >= 4 is 27.7 Å². The van der Waals surface area contributed by atoms with Gasteiger partial charge in [-0.1, -0.05) is 6.92 Å². The summed E-state index contributed by atoms with van der Waals surface area (Å²) in [6.07, 6.45) is 2.33. The van der Waals surface area contributed by atoms with Gasteiger partial charge in [-0.05, 0) is 34.8 Å². The second kappa shape index (κ2) is 4.64. The number of carbonyl (C=O) groups is 2. The summed E-state index contributed by atoms with van der Waals surface area (Å²) in [6, 6.07) is 1.77. The third-order valence-electron chi connectivity index (χ3n) is 2.99. The third-order valence-corrected chi connectivity index (χ3v) is 3.42. The molecule has 1 aromatic heterocycles. The summed E-state index contributed by atoms with van der Waals surface area (Å²) >= 11 is 3.35. The molecule has 0 N–H and O–H groups in total. The minimum Gasteiger partial charge on any atom is -0.343 e. The quantitative estimate of drug-likeness (QED) is 0.786. The summed E-state index contributed by atoms with van der Waals surface area (Å²) in [5.74, 6) is 0.00862. The zero-order valence-electron chi connectivity index (χ0n) is 9.94. The molecule has 2 amide bonds. The van der Waals surface area contributed by atoms with Gasteiger partial charge in [0, 0.05) is 30.2 Å². The first-order valence-electron chi connectivity index (χ1n) is 5.73. The van der Waals surface area contributed by atoms with Gasteiger partial charge in [0.25, 0.3) is 5.91 Å². The topological polar surface area (TPSA) is 42.3 Å². The highest BCUT2D eigenvalue weighted by molar-refractivity contribution is 9.10. The number of halogens is 1. The van der Waals surface area contributed by atoms with Gasteiger partial charge in [-0.25, -0.2) is 0 Å². The maximum absolute atomic E-state index is 12.3. The van der Waals surface area contributed by atoms with Crippen molar-refractivity contribution in [3.05, 3.63) is 22.4 Å². The van der Waals surface area contributed by atoms with Crippen LogP contribution in [0.1, 0.15) is 30.8 Å². The number of hydrogen-bond donors (Lipinski definition) is 0. The maximum Gasteiger partial charge on any atom is 0.277 e. The Morgan fingerprint density at radius 2 is 2.29 bits per heavy atom. The molecule has 1 aromatic rings. The highest BCUT2D eigenvalue weighted by Gasteiger charge is 2.33. The Morgan fingerprint density at radius 1 is 1.59 bits per heavy atom. The first-order valence-corrected chi connectivity index (χ1v) is 6.52. The molecule has 0 spiro atoms. The van der Waals surface area contributed by atoms with Crippen LogP contribution in [0.4, 0.5) is 0 Å². The van der Waals surface area contributed by atoms with Crippen LogP contribution < -0.4 is 0 Å². The standard InChI is InChI=1S/C12H15BrN2O2/c1-3-14-7-9(13)5-10(14)12(17)15-6-8(2)4-11(15)16/h5,7-8H,3-4,6H2,1-2H3. The van der Waals surface area contributed by atoms with Crippen LogP contribution in [0.3, 0.4) is 0 Å². The number of rotatable bonds is 2. The van der Waals surface area contributed by atoms with Gasteiger partial charge in [-0.15, -0.1) is 0 Å². The second-order valence-electron chi connectivity index (χ2n) is 4.45. The Bertz CT molecular complexity index is 467. The molecule has 2 rings (SSSR count). The Hall–Kier alpha value is -1.10. The molecule has 0 aromatic carbocycles. The zero-order chi connectivity index (χ0) is 12.6. The molecule has 0 radical (unpaired) electrons. The summed E-state index contributed by atoms with van der Waals surface area (Å²) in [4.78, 5) is 25.3. The fourth-order valence-corrected chi connectivity index (χ4v) is 2.60. The van der Waals surface area contributed by atoms with E-state index in [-0.39, 0.29) is 17.7 Å². The van der Waals surface area contributed by atoms with Crippen molar-refractivity contribution in [1.29, 1.82) is 0 Å². The number of hydrogen-bond acceptors (Lipinski definition) is 2. The number of nitrogens with zero attached hydrogens (tertiary/aromatic N) is 2. The molecule has 0 saturated carbocycles. The molecule has 1 aliphatic rings. The van der Waals surface area contributed by atoms with E-state index in [1.165, 1.54) is 4.90 Å². The third kappa shape index (κ3) is 2.29. The lowest BCUT2D eigenvalue weighted by Crippen LogP contribution is -2.33. The lowest BCUT2D eigenvalue weighted by Gasteiger charge is -2.15. The van der Waals surface area contributed by atoms with Crippen molar-refractivity contribution in [1.82, 2.24) is 9.47 Å². The molecule has 0 aliphatic carbocycles. The summed E-state index contributed by atoms with van der Waals surface area (Å²) in [5.41, 5.74) is 0.571. The van der Waals surface area contributed by atoms with Gasteiger partial charge in [0.1, 0.15) is 5.69 Å². The van der Waals surface area contributed by atoms with Gasteiger partial charge in [0.15, 0.2) is 0 Å². The van der Waals surface area contributed by atoms with E-state index in [0.29, 0.717) is 25.2 Å². The number of carbonyl (C=O) groups excluding carboxylic acids is 2. The van der Waals surface area contributed by atoms with E-state index < -0.39 is 0 Å². The normalized spacial score (nSPS) is 20.1. The molecule has 1 atom stereocenters. The van der Waals surface area contributed by atoms with Gasteiger partial charge in [-0.3, -0.25) is 14.5 Å². The van der Waals surface area contributed by atoms with Crippen molar-refractivity contribution in [2.45, 2.75) is 26.8 Å². The molecule has 17 heavy (non-hydrogen) atoms. The van der Waals surface area contributed by atoms with Crippen LogP contribution in [0.25, 0.3) is 0 Å². The van der Waals surface area contributed by atoms with Crippen LogP contribution in [0.5, 0.6) is 0 Å². The first-order chi connectivity index (χ1) is 8.02. The summed E-state index contributed by atoms with van der Waals surface area (Å²) in [5, 5.41) is 0. The highest BCUT2D eigenvalue weighted by Crippen LogP contribution is 2.22. The van der Waals surface area contributed by atoms with Gasteiger partial charge in [0.2, 0.25) is 5.91 Å². The molecule has 5 heteroatoms. The molecule has 2 heterocycles. The van der Waals surface area contributed by atoms with Gasteiger partial charge in [-0.2, -0.15) is 0 Å². The number of amides is 2. The minimum atomic E-state index is -0.188. The summed E-state index contributed by atoms with van der Waals surface area (Å²) in [7, 11) is 0. The number of aryl methyl sites for hydroxylation is 1. The van der Waals surface area contributed by atoms with Crippen LogP contribution in [0.2, 0.25) is 0 Å². The Balaban J connectivity index is 2.28. The molecular formula is C12H15BrN2O2. The Morgan fingerprint density at radius 3 is 2.82 bits per heavy atom.